The summed E-state index contributed by atoms with van der Waals surface area (Å²) in [6, 6.07) is 6.29. The molecule has 2 rings (SSSR count). The second kappa shape index (κ2) is 7.36. The summed E-state index contributed by atoms with van der Waals surface area (Å²) in [5.41, 5.74) is 1.18. The Labute approximate surface area is 115 Å². The van der Waals surface area contributed by atoms with Gasteiger partial charge in [-0.2, -0.15) is 0 Å². The SMILES string of the molecule is CCCCOCC(NCC)c1ccc2c(c1)OCO2. The lowest BCUT2D eigenvalue weighted by Crippen LogP contribution is -2.25. The second-order valence-electron chi connectivity index (χ2n) is 4.65. The first kappa shape index (κ1) is 14.2. The largest absolute Gasteiger partial charge is 0.454 e. The molecule has 0 aromatic heterocycles. The van der Waals surface area contributed by atoms with Crippen LogP contribution >= 0.6 is 0 Å². The molecule has 0 spiro atoms. The van der Waals surface area contributed by atoms with Gasteiger partial charge in [0.2, 0.25) is 6.79 Å². The summed E-state index contributed by atoms with van der Waals surface area (Å²) >= 11 is 0. The van der Waals surface area contributed by atoms with E-state index in [1.165, 1.54) is 5.56 Å². The quantitative estimate of drug-likeness (QED) is 0.734. The van der Waals surface area contributed by atoms with Crippen LogP contribution in [0.25, 0.3) is 0 Å². The van der Waals surface area contributed by atoms with Gasteiger partial charge in [0.15, 0.2) is 11.5 Å². The molecule has 1 atom stereocenters. The number of nitrogens with one attached hydrogen (secondary N) is 1. The molecule has 1 aliphatic heterocycles. The summed E-state index contributed by atoms with van der Waals surface area (Å²) in [5.74, 6) is 1.65. The smallest absolute Gasteiger partial charge is 0.231 e. The molecule has 0 saturated carbocycles. The Kier molecular flexibility index (Phi) is 5.48. The first-order valence-electron chi connectivity index (χ1n) is 7.05. The Balaban J connectivity index is 1.97. The lowest BCUT2D eigenvalue weighted by molar-refractivity contribution is 0.109. The molecule has 0 fully saturated rings. The number of benzene rings is 1. The fraction of sp³-hybridized carbons (Fsp3) is 0.600. The van der Waals surface area contributed by atoms with Gasteiger partial charge < -0.3 is 19.5 Å². The van der Waals surface area contributed by atoms with Gasteiger partial charge in [0.1, 0.15) is 0 Å². The number of fused-ring (bicyclic) bond motifs is 1. The number of rotatable bonds is 8. The third-order valence-electron chi connectivity index (χ3n) is 3.18. The van der Waals surface area contributed by atoms with Crippen LogP contribution in [0.4, 0.5) is 0 Å². The average molecular weight is 265 g/mol. The van der Waals surface area contributed by atoms with Gasteiger partial charge in [-0.15, -0.1) is 0 Å². The fourth-order valence-corrected chi connectivity index (χ4v) is 2.10. The summed E-state index contributed by atoms with van der Waals surface area (Å²) in [5, 5.41) is 3.45. The van der Waals surface area contributed by atoms with Crippen molar-refractivity contribution in [2.75, 3.05) is 26.6 Å². The summed E-state index contributed by atoms with van der Waals surface area (Å²) < 4.78 is 16.5. The highest BCUT2D eigenvalue weighted by Gasteiger charge is 2.17. The molecule has 0 radical (unpaired) electrons. The zero-order valence-electron chi connectivity index (χ0n) is 11.8. The van der Waals surface area contributed by atoms with Crippen molar-refractivity contribution in [1.82, 2.24) is 5.32 Å². The normalized spacial score (nSPS) is 14.6. The molecule has 1 aromatic carbocycles. The maximum atomic E-state index is 5.73. The first-order valence-corrected chi connectivity index (χ1v) is 7.05. The van der Waals surface area contributed by atoms with E-state index in [0.29, 0.717) is 13.4 Å². The van der Waals surface area contributed by atoms with Crippen LogP contribution < -0.4 is 14.8 Å². The number of likely N-dealkylation sites (N-methyl/N-ethyl adjacent to an activating group) is 1. The monoisotopic (exact) mass is 265 g/mol. The van der Waals surface area contributed by atoms with Crippen molar-refractivity contribution in [3.05, 3.63) is 23.8 Å². The molecule has 0 amide bonds. The third kappa shape index (κ3) is 3.85. The average Bonchev–Trinajstić information content (AvgIpc) is 2.89. The topological polar surface area (TPSA) is 39.7 Å². The molecule has 1 unspecified atom stereocenters. The van der Waals surface area contributed by atoms with E-state index >= 15 is 0 Å². The molecular formula is C15H23NO3. The summed E-state index contributed by atoms with van der Waals surface area (Å²) in [4.78, 5) is 0. The minimum atomic E-state index is 0.205. The van der Waals surface area contributed by atoms with E-state index < -0.39 is 0 Å². The van der Waals surface area contributed by atoms with Gasteiger partial charge in [0.05, 0.1) is 12.6 Å². The van der Waals surface area contributed by atoms with Crippen LogP contribution in [-0.2, 0) is 4.74 Å². The van der Waals surface area contributed by atoms with Gasteiger partial charge in [-0.3, -0.25) is 0 Å². The van der Waals surface area contributed by atoms with Gasteiger partial charge in [-0.05, 0) is 30.7 Å². The number of ether oxygens (including phenoxy) is 3. The predicted octanol–water partition coefficient (Wildman–Crippen LogP) is 2.88. The highest BCUT2D eigenvalue weighted by atomic mass is 16.7. The van der Waals surface area contributed by atoms with Crippen LogP contribution in [-0.4, -0.2) is 26.6 Å². The molecule has 1 aromatic rings. The van der Waals surface area contributed by atoms with Crippen molar-refractivity contribution in [2.45, 2.75) is 32.7 Å². The van der Waals surface area contributed by atoms with Gasteiger partial charge in [-0.1, -0.05) is 26.3 Å². The molecule has 0 bridgehead atoms. The fourth-order valence-electron chi connectivity index (χ4n) is 2.10. The van der Waals surface area contributed by atoms with Crippen molar-refractivity contribution in [3.8, 4) is 11.5 Å². The number of hydrogen-bond donors (Lipinski definition) is 1. The number of hydrogen-bond acceptors (Lipinski definition) is 4. The zero-order chi connectivity index (χ0) is 13.5. The van der Waals surface area contributed by atoms with Crippen molar-refractivity contribution < 1.29 is 14.2 Å². The van der Waals surface area contributed by atoms with Crippen molar-refractivity contribution >= 4 is 0 Å². The highest BCUT2D eigenvalue weighted by Crippen LogP contribution is 2.34. The Morgan fingerprint density at radius 2 is 2.11 bits per heavy atom. The Hall–Kier alpha value is -1.26. The van der Waals surface area contributed by atoms with E-state index in [4.69, 9.17) is 14.2 Å². The minimum Gasteiger partial charge on any atom is -0.454 e. The molecule has 1 aliphatic rings. The van der Waals surface area contributed by atoms with Crippen LogP contribution in [0, 0.1) is 0 Å². The van der Waals surface area contributed by atoms with Crippen LogP contribution in [0.3, 0.4) is 0 Å². The molecule has 4 heteroatoms. The van der Waals surface area contributed by atoms with E-state index in [1.54, 1.807) is 0 Å². The molecule has 4 nitrogen and oxygen atoms in total. The minimum absolute atomic E-state index is 0.205. The Morgan fingerprint density at radius 1 is 1.26 bits per heavy atom. The van der Waals surface area contributed by atoms with E-state index in [9.17, 15) is 0 Å². The maximum absolute atomic E-state index is 5.73. The first-order chi connectivity index (χ1) is 9.35. The molecule has 19 heavy (non-hydrogen) atoms. The zero-order valence-corrected chi connectivity index (χ0v) is 11.8. The summed E-state index contributed by atoms with van der Waals surface area (Å²) in [6.45, 7) is 7.01. The molecule has 0 aliphatic carbocycles. The standard InChI is InChI=1S/C15H23NO3/c1-3-5-8-17-10-13(16-4-2)12-6-7-14-15(9-12)19-11-18-14/h6-7,9,13,16H,3-5,8,10-11H2,1-2H3. The molecule has 1 heterocycles. The van der Waals surface area contributed by atoms with Crippen LogP contribution in [0.1, 0.15) is 38.3 Å². The van der Waals surface area contributed by atoms with Gasteiger partial charge in [0, 0.05) is 6.61 Å². The predicted molar refractivity (Wildman–Crippen MR) is 74.7 cm³/mol. The van der Waals surface area contributed by atoms with Crippen molar-refractivity contribution in [2.24, 2.45) is 0 Å². The lowest BCUT2D eigenvalue weighted by Gasteiger charge is -2.18. The van der Waals surface area contributed by atoms with E-state index in [1.807, 2.05) is 12.1 Å². The highest BCUT2D eigenvalue weighted by molar-refractivity contribution is 5.45. The lowest BCUT2D eigenvalue weighted by atomic mass is 10.1. The molecule has 106 valence electrons. The van der Waals surface area contributed by atoms with E-state index in [2.05, 4.69) is 25.2 Å². The van der Waals surface area contributed by atoms with Crippen LogP contribution in [0.15, 0.2) is 18.2 Å². The molecule has 1 N–H and O–H groups in total. The van der Waals surface area contributed by atoms with E-state index in [0.717, 1.165) is 37.5 Å². The van der Waals surface area contributed by atoms with Crippen LogP contribution in [0.5, 0.6) is 11.5 Å². The van der Waals surface area contributed by atoms with Gasteiger partial charge >= 0.3 is 0 Å². The summed E-state index contributed by atoms with van der Waals surface area (Å²) in [7, 11) is 0. The maximum Gasteiger partial charge on any atom is 0.231 e. The Bertz CT molecular complexity index is 395. The second-order valence-corrected chi connectivity index (χ2v) is 4.65. The third-order valence-corrected chi connectivity index (χ3v) is 3.18. The number of unbranched alkanes of at least 4 members (excludes halogenated alkanes) is 1. The summed E-state index contributed by atoms with van der Waals surface area (Å²) in [6.07, 6.45) is 2.27. The van der Waals surface area contributed by atoms with E-state index in [-0.39, 0.29) is 6.04 Å². The van der Waals surface area contributed by atoms with Gasteiger partial charge in [-0.25, -0.2) is 0 Å². The molecular weight excluding hydrogens is 242 g/mol. The van der Waals surface area contributed by atoms with Crippen LogP contribution in [0.2, 0.25) is 0 Å². The Morgan fingerprint density at radius 3 is 2.89 bits per heavy atom. The van der Waals surface area contributed by atoms with Crippen molar-refractivity contribution in [3.63, 3.8) is 0 Å². The molecule has 0 saturated heterocycles. The van der Waals surface area contributed by atoms with Gasteiger partial charge in [0.25, 0.3) is 0 Å². The van der Waals surface area contributed by atoms with Crippen molar-refractivity contribution in [1.29, 1.82) is 0 Å².